The number of hydrogen-bond donors (Lipinski definition) is 2. The molecule has 3 fully saturated rings. The van der Waals surface area contributed by atoms with Gasteiger partial charge in [-0.3, -0.25) is 14.9 Å². The van der Waals surface area contributed by atoms with Crippen LogP contribution in [0.15, 0.2) is 30.3 Å². The van der Waals surface area contributed by atoms with Crippen LogP contribution in [0.2, 0.25) is 0 Å². The summed E-state index contributed by atoms with van der Waals surface area (Å²) in [5.74, 6) is 0.314. The molecule has 0 unspecified atom stereocenters. The molecule has 2 atom stereocenters. The molecule has 2 saturated heterocycles. The van der Waals surface area contributed by atoms with E-state index in [1.165, 1.54) is 5.56 Å². The third kappa shape index (κ3) is 2.38. The number of carbonyl (C=O) groups is 3. The van der Waals surface area contributed by atoms with E-state index in [1.54, 1.807) is 0 Å². The quantitative estimate of drug-likeness (QED) is 0.799. The van der Waals surface area contributed by atoms with Crippen LogP contribution in [0.1, 0.15) is 30.7 Å². The average Bonchev–Trinajstić information content (AvgIpc) is 3.31. The van der Waals surface area contributed by atoms with Crippen molar-refractivity contribution in [2.45, 2.75) is 30.7 Å². The van der Waals surface area contributed by atoms with Crippen LogP contribution >= 0.6 is 0 Å². The normalized spacial score (nSPS) is 28.4. The predicted molar refractivity (Wildman–Crippen MR) is 82.5 cm³/mol. The molecule has 120 valence electrons. The minimum absolute atomic E-state index is 0.0680. The summed E-state index contributed by atoms with van der Waals surface area (Å²) in [6.45, 7) is 1.04. The van der Waals surface area contributed by atoms with Crippen molar-refractivity contribution in [2.24, 2.45) is 5.92 Å². The van der Waals surface area contributed by atoms with E-state index in [1.807, 2.05) is 23.1 Å². The Bertz CT molecular complexity index is 665. The van der Waals surface area contributed by atoms with Crippen LogP contribution in [0.5, 0.6) is 0 Å². The maximum absolute atomic E-state index is 12.6. The number of amides is 4. The van der Waals surface area contributed by atoms with Crippen LogP contribution in [0.3, 0.4) is 0 Å². The van der Waals surface area contributed by atoms with E-state index < -0.39 is 11.6 Å². The van der Waals surface area contributed by atoms with Crippen molar-refractivity contribution in [1.29, 1.82) is 0 Å². The second-order valence-corrected chi connectivity index (χ2v) is 6.68. The first-order valence-corrected chi connectivity index (χ1v) is 8.06. The number of benzene rings is 1. The summed E-state index contributed by atoms with van der Waals surface area (Å²) in [7, 11) is 0. The number of nitrogens with zero attached hydrogens (tertiary/aromatic N) is 1. The van der Waals surface area contributed by atoms with Gasteiger partial charge in [0.1, 0.15) is 5.54 Å². The lowest BCUT2D eigenvalue weighted by molar-refractivity contribution is -0.137. The van der Waals surface area contributed by atoms with E-state index in [4.69, 9.17) is 0 Å². The topological polar surface area (TPSA) is 78.5 Å². The Morgan fingerprint density at radius 1 is 1.13 bits per heavy atom. The van der Waals surface area contributed by atoms with Crippen molar-refractivity contribution in [3.8, 4) is 0 Å². The molecule has 6 heteroatoms. The first kappa shape index (κ1) is 14.2. The van der Waals surface area contributed by atoms with Crippen LogP contribution in [-0.2, 0) is 9.59 Å². The molecule has 4 amide bonds. The Hall–Kier alpha value is -2.37. The summed E-state index contributed by atoms with van der Waals surface area (Å²) >= 11 is 0. The number of urea groups is 1. The summed E-state index contributed by atoms with van der Waals surface area (Å²) in [6.07, 6.45) is 1.87. The molecule has 1 aromatic rings. The maximum atomic E-state index is 12.6. The summed E-state index contributed by atoms with van der Waals surface area (Å²) in [5, 5.41) is 5.01. The fourth-order valence-electron chi connectivity index (χ4n) is 3.76. The van der Waals surface area contributed by atoms with Gasteiger partial charge in [0, 0.05) is 19.0 Å². The highest BCUT2D eigenvalue weighted by Crippen LogP contribution is 2.48. The zero-order chi connectivity index (χ0) is 16.0. The van der Waals surface area contributed by atoms with Gasteiger partial charge in [0.05, 0.1) is 0 Å². The monoisotopic (exact) mass is 313 g/mol. The SMILES string of the molecule is O=C1NC(=O)C2(CCN(C(=O)[C@H]3C[C@H]3c3ccccc3)CC2)N1. The largest absolute Gasteiger partial charge is 0.342 e. The Morgan fingerprint density at radius 2 is 1.83 bits per heavy atom. The average molecular weight is 313 g/mol. The number of imide groups is 1. The van der Waals surface area contributed by atoms with E-state index in [9.17, 15) is 14.4 Å². The molecular weight excluding hydrogens is 294 g/mol. The standard InChI is InChI=1S/C17H19N3O3/c21-14(13-10-12(13)11-4-2-1-3-5-11)20-8-6-17(7-9-20)15(22)18-16(23)19-17/h1-5,12-13H,6-10H2,(H2,18,19,22,23)/t12-,13-/m0/s1. The van der Waals surface area contributed by atoms with Crippen LogP contribution in [-0.4, -0.2) is 41.4 Å². The molecule has 1 aromatic carbocycles. The van der Waals surface area contributed by atoms with Crippen LogP contribution in [0.25, 0.3) is 0 Å². The molecule has 1 spiro atoms. The highest BCUT2D eigenvalue weighted by molar-refractivity contribution is 6.07. The first-order chi connectivity index (χ1) is 11.1. The molecule has 1 saturated carbocycles. The zero-order valence-electron chi connectivity index (χ0n) is 12.7. The molecule has 6 nitrogen and oxygen atoms in total. The minimum atomic E-state index is -0.809. The molecule has 2 heterocycles. The first-order valence-electron chi connectivity index (χ1n) is 8.06. The molecule has 3 aliphatic rings. The number of likely N-dealkylation sites (tertiary alicyclic amines) is 1. The molecule has 4 rings (SSSR count). The third-order valence-electron chi connectivity index (χ3n) is 5.28. The number of nitrogens with one attached hydrogen (secondary N) is 2. The van der Waals surface area contributed by atoms with Crippen molar-refractivity contribution < 1.29 is 14.4 Å². The fourth-order valence-corrected chi connectivity index (χ4v) is 3.76. The second-order valence-electron chi connectivity index (χ2n) is 6.68. The number of piperidine rings is 1. The number of hydrogen-bond acceptors (Lipinski definition) is 3. The predicted octanol–water partition coefficient (Wildman–Crippen LogP) is 0.991. The fraction of sp³-hybridized carbons (Fsp3) is 0.471. The lowest BCUT2D eigenvalue weighted by Gasteiger charge is -2.37. The number of rotatable bonds is 2. The van der Waals surface area contributed by atoms with Gasteiger partial charge in [-0.05, 0) is 30.7 Å². The van der Waals surface area contributed by atoms with Crippen molar-refractivity contribution in [3.05, 3.63) is 35.9 Å². The Kier molecular flexibility index (Phi) is 3.14. The molecule has 23 heavy (non-hydrogen) atoms. The van der Waals surface area contributed by atoms with Gasteiger partial charge in [0.25, 0.3) is 5.91 Å². The van der Waals surface area contributed by atoms with Crippen LogP contribution in [0.4, 0.5) is 4.79 Å². The summed E-state index contributed by atoms with van der Waals surface area (Å²) in [5.41, 5.74) is 0.415. The van der Waals surface area contributed by atoms with E-state index >= 15 is 0 Å². The van der Waals surface area contributed by atoms with E-state index in [0.717, 1.165) is 6.42 Å². The highest BCUT2D eigenvalue weighted by Gasteiger charge is 2.51. The molecule has 1 aliphatic carbocycles. The van der Waals surface area contributed by atoms with Crippen molar-refractivity contribution in [3.63, 3.8) is 0 Å². The minimum Gasteiger partial charge on any atom is -0.342 e. The summed E-state index contributed by atoms with van der Waals surface area (Å²) in [6, 6.07) is 9.69. The third-order valence-corrected chi connectivity index (χ3v) is 5.28. The molecule has 0 bridgehead atoms. The van der Waals surface area contributed by atoms with Gasteiger partial charge in [-0.2, -0.15) is 0 Å². The van der Waals surface area contributed by atoms with Crippen molar-refractivity contribution >= 4 is 17.8 Å². The van der Waals surface area contributed by atoms with E-state index in [0.29, 0.717) is 31.8 Å². The molecule has 2 N–H and O–H groups in total. The second kappa shape index (κ2) is 5.08. The Labute approximate surface area is 134 Å². The van der Waals surface area contributed by atoms with Crippen LogP contribution in [0, 0.1) is 5.92 Å². The van der Waals surface area contributed by atoms with E-state index in [2.05, 4.69) is 22.8 Å². The van der Waals surface area contributed by atoms with Crippen LogP contribution < -0.4 is 10.6 Å². The smallest absolute Gasteiger partial charge is 0.322 e. The van der Waals surface area contributed by atoms with Gasteiger partial charge >= 0.3 is 6.03 Å². The summed E-state index contributed by atoms with van der Waals surface area (Å²) in [4.78, 5) is 37.7. The van der Waals surface area contributed by atoms with Gasteiger partial charge in [0.15, 0.2) is 0 Å². The molecule has 2 aliphatic heterocycles. The van der Waals surface area contributed by atoms with Crippen molar-refractivity contribution in [2.75, 3.05) is 13.1 Å². The lowest BCUT2D eigenvalue weighted by Crippen LogP contribution is -2.56. The highest BCUT2D eigenvalue weighted by atomic mass is 16.2. The Balaban J connectivity index is 1.37. The Morgan fingerprint density at radius 3 is 2.43 bits per heavy atom. The lowest BCUT2D eigenvalue weighted by atomic mass is 9.87. The molecular formula is C17H19N3O3. The molecule has 0 radical (unpaired) electrons. The summed E-state index contributed by atoms with van der Waals surface area (Å²) < 4.78 is 0. The van der Waals surface area contributed by atoms with Crippen molar-refractivity contribution in [1.82, 2.24) is 15.5 Å². The number of carbonyl (C=O) groups excluding carboxylic acids is 3. The zero-order valence-corrected chi connectivity index (χ0v) is 12.7. The molecule has 0 aromatic heterocycles. The van der Waals surface area contributed by atoms with E-state index in [-0.39, 0.29) is 17.7 Å². The van der Waals surface area contributed by atoms with Gasteiger partial charge < -0.3 is 10.2 Å². The maximum Gasteiger partial charge on any atom is 0.322 e. The van der Waals surface area contributed by atoms with Gasteiger partial charge in [0.2, 0.25) is 5.91 Å². The van der Waals surface area contributed by atoms with Gasteiger partial charge in [-0.1, -0.05) is 30.3 Å². The van der Waals surface area contributed by atoms with Gasteiger partial charge in [-0.15, -0.1) is 0 Å². The van der Waals surface area contributed by atoms with Gasteiger partial charge in [-0.25, -0.2) is 4.79 Å².